The molecule has 118 valence electrons. The highest BCUT2D eigenvalue weighted by molar-refractivity contribution is 5.92. The SMILES string of the molecule is COc1ccc2cc(-c3ccc4cc(OC)ccc4c3)ccc2c1. The predicted molar refractivity (Wildman–Crippen MR) is 100.0 cm³/mol. The second-order valence-electron chi connectivity index (χ2n) is 5.86. The summed E-state index contributed by atoms with van der Waals surface area (Å²) in [5.74, 6) is 1.77. The second kappa shape index (κ2) is 5.89. The van der Waals surface area contributed by atoms with E-state index >= 15 is 0 Å². The van der Waals surface area contributed by atoms with Crippen molar-refractivity contribution in [2.45, 2.75) is 0 Å². The molecule has 0 aliphatic heterocycles. The van der Waals surface area contributed by atoms with Crippen LogP contribution in [0.1, 0.15) is 0 Å². The Hall–Kier alpha value is -3.00. The van der Waals surface area contributed by atoms with E-state index in [4.69, 9.17) is 9.47 Å². The molecule has 0 fully saturated rings. The third-order valence-corrected chi connectivity index (χ3v) is 4.43. The van der Waals surface area contributed by atoms with Gasteiger partial charge in [-0.1, -0.05) is 36.4 Å². The Morgan fingerprint density at radius 1 is 0.458 bits per heavy atom. The number of methoxy groups -OCH3 is 2. The van der Waals surface area contributed by atoms with Crippen molar-refractivity contribution >= 4 is 21.5 Å². The van der Waals surface area contributed by atoms with Crippen LogP contribution in [0.2, 0.25) is 0 Å². The number of hydrogen-bond donors (Lipinski definition) is 0. The average Bonchev–Trinajstić information content (AvgIpc) is 2.66. The first-order chi connectivity index (χ1) is 11.8. The fourth-order valence-corrected chi connectivity index (χ4v) is 3.06. The molecule has 0 saturated carbocycles. The Bertz CT molecular complexity index is 949. The molecule has 0 aliphatic carbocycles. The first-order valence-corrected chi connectivity index (χ1v) is 7.93. The summed E-state index contributed by atoms with van der Waals surface area (Å²) in [5.41, 5.74) is 2.43. The summed E-state index contributed by atoms with van der Waals surface area (Å²) >= 11 is 0. The van der Waals surface area contributed by atoms with E-state index in [1.807, 2.05) is 12.1 Å². The van der Waals surface area contributed by atoms with Crippen molar-refractivity contribution < 1.29 is 9.47 Å². The Kier molecular flexibility index (Phi) is 3.58. The molecule has 0 bridgehead atoms. The van der Waals surface area contributed by atoms with E-state index in [1.54, 1.807) is 14.2 Å². The molecule has 0 aliphatic rings. The van der Waals surface area contributed by atoms with Crippen molar-refractivity contribution in [2.75, 3.05) is 14.2 Å². The number of fused-ring (bicyclic) bond motifs is 2. The lowest BCUT2D eigenvalue weighted by Crippen LogP contribution is -1.85. The van der Waals surface area contributed by atoms with Gasteiger partial charge in [0.25, 0.3) is 0 Å². The van der Waals surface area contributed by atoms with Crippen LogP contribution in [0.25, 0.3) is 32.7 Å². The van der Waals surface area contributed by atoms with E-state index in [-0.39, 0.29) is 0 Å². The van der Waals surface area contributed by atoms with Gasteiger partial charge in [-0.15, -0.1) is 0 Å². The minimum Gasteiger partial charge on any atom is -0.497 e. The first-order valence-electron chi connectivity index (χ1n) is 7.93. The van der Waals surface area contributed by atoms with Gasteiger partial charge in [0.05, 0.1) is 14.2 Å². The van der Waals surface area contributed by atoms with Crippen LogP contribution in [0.4, 0.5) is 0 Å². The van der Waals surface area contributed by atoms with Gasteiger partial charge in [0.15, 0.2) is 0 Å². The minimum absolute atomic E-state index is 0.884. The zero-order chi connectivity index (χ0) is 16.5. The van der Waals surface area contributed by atoms with Crippen molar-refractivity contribution in [3.8, 4) is 22.6 Å². The van der Waals surface area contributed by atoms with Crippen molar-refractivity contribution in [3.63, 3.8) is 0 Å². The summed E-state index contributed by atoms with van der Waals surface area (Å²) in [4.78, 5) is 0. The maximum atomic E-state index is 5.29. The van der Waals surface area contributed by atoms with Gasteiger partial charge in [0.1, 0.15) is 11.5 Å². The maximum absolute atomic E-state index is 5.29. The normalized spacial score (nSPS) is 10.9. The van der Waals surface area contributed by atoms with Crippen molar-refractivity contribution in [2.24, 2.45) is 0 Å². The van der Waals surface area contributed by atoms with Crippen LogP contribution < -0.4 is 9.47 Å². The lowest BCUT2D eigenvalue weighted by atomic mass is 9.98. The molecule has 4 aromatic carbocycles. The monoisotopic (exact) mass is 314 g/mol. The van der Waals surface area contributed by atoms with Gasteiger partial charge in [-0.2, -0.15) is 0 Å². The van der Waals surface area contributed by atoms with Crippen LogP contribution in [0.5, 0.6) is 11.5 Å². The van der Waals surface area contributed by atoms with Crippen LogP contribution in [-0.2, 0) is 0 Å². The molecule has 0 atom stereocenters. The molecule has 0 heterocycles. The fourth-order valence-electron chi connectivity index (χ4n) is 3.06. The highest BCUT2D eigenvalue weighted by Crippen LogP contribution is 2.30. The average molecular weight is 314 g/mol. The van der Waals surface area contributed by atoms with Gasteiger partial charge in [-0.05, 0) is 69.1 Å². The Morgan fingerprint density at radius 2 is 0.833 bits per heavy atom. The van der Waals surface area contributed by atoms with Gasteiger partial charge in [-0.25, -0.2) is 0 Å². The number of benzene rings is 4. The summed E-state index contributed by atoms with van der Waals surface area (Å²) in [6, 6.07) is 25.4. The number of ether oxygens (including phenoxy) is 2. The molecule has 0 unspecified atom stereocenters. The lowest BCUT2D eigenvalue weighted by molar-refractivity contribution is 0.415. The van der Waals surface area contributed by atoms with Crippen molar-refractivity contribution in [1.29, 1.82) is 0 Å². The van der Waals surface area contributed by atoms with E-state index in [9.17, 15) is 0 Å². The van der Waals surface area contributed by atoms with Gasteiger partial charge in [0.2, 0.25) is 0 Å². The second-order valence-corrected chi connectivity index (χ2v) is 5.86. The van der Waals surface area contributed by atoms with Gasteiger partial charge in [-0.3, -0.25) is 0 Å². The van der Waals surface area contributed by atoms with Crippen LogP contribution in [-0.4, -0.2) is 14.2 Å². The Labute approximate surface area is 141 Å². The van der Waals surface area contributed by atoms with Crippen molar-refractivity contribution in [3.05, 3.63) is 72.8 Å². The third-order valence-electron chi connectivity index (χ3n) is 4.43. The molecule has 0 aromatic heterocycles. The zero-order valence-corrected chi connectivity index (χ0v) is 13.7. The van der Waals surface area contributed by atoms with Crippen LogP contribution in [0.15, 0.2) is 72.8 Å². The molecule has 4 aromatic rings. The van der Waals surface area contributed by atoms with E-state index in [0.29, 0.717) is 0 Å². The number of hydrogen-bond acceptors (Lipinski definition) is 2. The summed E-state index contributed by atoms with van der Waals surface area (Å²) in [5, 5.41) is 4.79. The lowest BCUT2D eigenvalue weighted by Gasteiger charge is -2.08. The molecular formula is C22H18O2. The van der Waals surface area contributed by atoms with E-state index < -0.39 is 0 Å². The standard InChI is InChI=1S/C22H18O2/c1-23-21-9-7-17-11-15(3-5-19(17)13-21)16-4-6-20-14-22(24-2)10-8-18(20)12-16/h3-14H,1-2H3. The Balaban J connectivity index is 1.79. The van der Waals surface area contributed by atoms with E-state index in [1.165, 1.54) is 32.7 Å². The van der Waals surface area contributed by atoms with Gasteiger partial charge < -0.3 is 9.47 Å². The molecule has 0 spiro atoms. The molecule has 0 amide bonds. The zero-order valence-electron chi connectivity index (χ0n) is 13.7. The largest absolute Gasteiger partial charge is 0.497 e. The minimum atomic E-state index is 0.884. The first kappa shape index (κ1) is 14.6. The third kappa shape index (κ3) is 2.56. The number of rotatable bonds is 3. The molecule has 24 heavy (non-hydrogen) atoms. The molecule has 2 heteroatoms. The smallest absolute Gasteiger partial charge is 0.119 e. The quantitative estimate of drug-likeness (QED) is 0.484. The predicted octanol–water partition coefficient (Wildman–Crippen LogP) is 5.68. The topological polar surface area (TPSA) is 18.5 Å². The van der Waals surface area contributed by atoms with Gasteiger partial charge in [0, 0.05) is 0 Å². The van der Waals surface area contributed by atoms with Crippen LogP contribution in [0, 0.1) is 0 Å². The Morgan fingerprint density at radius 3 is 1.25 bits per heavy atom. The van der Waals surface area contributed by atoms with Crippen LogP contribution in [0.3, 0.4) is 0 Å². The summed E-state index contributed by atoms with van der Waals surface area (Å²) < 4.78 is 10.6. The molecule has 0 saturated heterocycles. The summed E-state index contributed by atoms with van der Waals surface area (Å²) in [7, 11) is 3.39. The van der Waals surface area contributed by atoms with E-state index in [0.717, 1.165) is 11.5 Å². The van der Waals surface area contributed by atoms with E-state index in [2.05, 4.69) is 60.7 Å². The van der Waals surface area contributed by atoms with Crippen LogP contribution >= 0.6 is 0 Å². The summed E-state index contributed by atoms with van der Waals surface area (Å²) in [6.45, 7) is 0. The highest BCUT2D eigenvalue weighted by Gasteiger charge is 2.03. The molecule has 0 radical (unpaired) electrons. The van der Waals surface area contributed by atoms with Crippen molar-refractivity contribution in [1.82, 2.24) is 0 Å². The molecule has 2 nitrogen and oxygen atoms in total. The molecular weight excluding hydrogens is 296 g/mol. The fraction of sp³-hybridized carbons (Fsp3) is 0.0909. The maximum Gasteiger partial charge on any atom is 0.119 e. The highest BCUT2D eigenvalue weighted by atomic mass is 16.5. The van der Waals surface area contributed by atoms with Gasteiger partial charge >= 0.3 is 0 Å². The molecule has 0 N–H and O–H groups in total. The molecule has 4 rings (SSSR count). The summed E-state index contributed by atoms with van der Waals surface area (Å²) in [6.07, 6.45) is 0.